The Morgan fingerprint density at radius 3 is 2.74 bits per heavy atom. The van der Waals surface area contributed by atoms with E-state index in [1.165, 1.54) is 5.69 Å². The standard InChI is InChI=1S/C21H25N5O/c1-13(2)18-12-19(25-24-18)15-6-9-26(10-7-15)21(27)17-11-16-5-4-8-22-20(16)23-14(17)3/h4-5,8,11-13,15H,6-7,9-10H2,1-3H3,(H,24,25). The molecule has 0 radical (unpaired) electrons. The summed E-state index contributed by atoms with van der Waals surface area (Å²) in [4.78, 5) is 23.8. The van der Waals surface area contributed by atoms with Gasteiger partial charge in [-0.25, -0.2) is 9.97 Å². The second-order valence-electron chi connectivity index (χ2n) is 7.64. The molecule has 0 atom stereocenters. The number of fused-ring (bicyclic) bond motifs is 1. The topological polar surface area (TPSA) is 74.8 Å². The second kappa shape index (κ2) is 7.10. The Morgan fingerprint density at radius 1 is 1.26 bits per heavy atom. The Morgan fingerprint density at radius 2 is 2.04 bits per heavy atom. The zero-order valence-electron chi connectivity index (χ0n) is 16.1. The van der Waals surface area contributed by atoms with Gasteiger partial charge in [-0.1, -0.05) is 13.8 Å². The van der Waals surface area contributed by atoms with Gasteiger partial charge in [0, 0.05) is 36.3 Å². The SMILES string of the molecule is Cc1nc2ncccc2cc1C(=O)N1CCC(c2cc(C(C)C)n[nH]2)CC1. The maximum absolute atomic E-state index is 13.0. The number of amides is 1. The predicted molar refractivity (Wildman–Crippen MR) is 105 cm³/mol. The van der Waals surface area contributed by atoms with Crippen LogP contribution in [0.3, 0.4) is 0 Å². The first kappa shape index (κ1) is 17.6. The molecule has 1 saturated heterocycles. The Labute approximate surface area is 159 Å². The highest BCUT2D eigenvalue weighted by atomic mass is 16.2. The summed E-state index contributed by atoms with van der Waals surface area (Å²) in [5.41, 5.74) is 4.40. The van der Waals surface area contributed by atoms with E-state index in [1.807, 2.05) is 30.0 Å². The summed E-state index contributed by atoms with van der Waals surface area (Å²) >= 11 is 0. The van der Waals surface area contributed by atoms with E-state index in [2.05, 4.69) is 40.1 Å². The normalized spacial score (nSPS) is 15.6. The molecule has 1 fully saturated rings. The van der Waals surface area contributed by atoms with Gasteiger partial charge in [-0.15, -0.1) is 0 Å². The smallest absolute Gasteiger partial charge is 0.255 e. The minimum absolute atomic E-state index is 0.0664. The summed E-state index contributed by atoms with van der Waals surface area (Å²) in [6, 6.07) is 7.91. The number of likely N-dealkylation sites (tertiary alicyclic amines) is 1. The number of pyridine rings is 2. The van der Waals surface area contributed by atoms with Gasteiger partial charge in [0.15, 0.2) is 5.65 Å². The van der Waals surface area contributed by atoms with Crippen LogP contribution in [0.1, 0.15) is 66.0 Å². The molecule has 0 saturated carbocycles. The molecule has 0 bridgehead atoms. The number of carbonyl (C=O) groups is 1. The van der Waals surface area contributed by atoms with Gasteiger partial charge in [0.2, 0.25) is 0 Å². The molecule has 27 heavy (non-hydrogen) atoms. The molecule has 3 aromatic rings. The van der Waals surface area contributed by atoms with Crippen molar-refractivity contribution in [3.8, 4) is 0 Å². The number of hydrogen-bond acceptors (Lipinski definition) is 4. The average Bonchev–Trinajstić information content (AvgIpc) is 3.17. The molecular weight excluding hydrogens is 338 g/mol. The Kier molecular flexibility index (Phi) is 4.64. The van der Waals surface area contributed by atoms with Gasteiger partial charge in [0.1, 0.15) is 0 Å². The van der Waals surface area contributed by atoms with E-state index in [9.17, 15) is 4.79 Å². The molecular formula is C21H25N5O. The maximum Gasteiger partial charge on any atom is 0.255 e. The first-order valence-electron chi connectivity index (χ1n) is 9.60. The highest BCUT2D eigenvalue weighted by Crippen LogP contribution is 2.29. The number of hydrogen-bond donors (Lipinski definition) is 1. The fourth-order valence-electron chi connectivity index (χ4n) is 3.73. The zero-order valence-corrected chi connectivity index (χ0v) is 16.1. The molecule has 1 aliphatic rings. The summed E-state index contributed by atoms with van der Waals surface area (Å²) in [5, 5.41) is 8.51. The van der Waals surface area contributed by atoms with Crippen LogP contribution in [-0.4, -0.2) is 44.1 Å². The zero-order chi connectivity index (χ0) is 19.0. The number of nitrogens with zero attached hydrogens (tertiary/aromatic N) is 4. The number of carbonyl (C=O) groups excluding carboxylic acids is 1. The molecule has 1 N–H and O–H groups in total. The van der Waals surface area contributed by atoms with Crippen molar-refractivity contribution in [1.29, 1.82) is 0 Å². The predicted octanol–water partition coefficient (Wildman–Crippen LogP) is 3.80. The van der Waals surface area contributed by atoms with Gasteiger partial charge in [-0.05, 0) is 49.9 Å². The highest BCUT2D eigenvalue weighted by Gasteiger charge is 2.27. The van der Waals surface area contributed by atoms with E-state index in [0.717, 1.165) is 42.7 Å². The molecule has 4 rings (SSSR count). The van der Waals surface area contributed by atoms with Gasteiger partial charge in [-0.2, -0.15) is 5.10 Å². The van der Waals surface area contributed by atoms with Gasteiger partial charge < -0.3 is 4.90 Å². The molecule has 6 nitrogen and oxygen atoms in total. The number of nitrogens with one attached hydrogen (secondary N) is 1. The molecule has 0 spiro atoms. The van der Waals surface area contributed by atoms with E-state index in [1.54, 1.807) is 6.20 Å². The van der Waals surface area contributed by atoms with Gasteiger partial charge >= 0.3 is 0 Å². The number of aromatic amines is 1. The van der Waals surface area contributed by atoms with Crippen LogP contribution in [0.4, 0.5) is 0 Å². The van der Waals surface area contributed by atoms with E-state index in [-0.39, 0.29) is 5.91 Å². The third-order valence-corrected chi connectivity index (χ3v) is 5.44. The summed E-state index contributed by atoms with van der Waals surface area (Å²) in [5.74, 6) is 0.931. The van der Waals surface area contributed by atoms with Gasteiger partial charge in [-0.3, -0.25) is 9.89 Å². The summed E-state index contributed by atoms with van der Waals surface area (Å²) in [6.07, 6.45) is 3.63. The minimum Gasteiger partial charge on any atom is -0.339 e. The van der Waals surface area contributed by atoms with E-state index in [0.29, 0.717) is 23.0 Å². The number of aryl methyl sites for hydroxylation is 1. The second-order valence-corrected chi connectivity index (χ2v) is 7.64. The lowest BCUT2D eigenvalue weighted by atomic mass is 9.92. The summed E-state index contributed by atoms with van der Waals surface area (Å²) in [7, 11) is 0. The average molecular weight is 363 g/mol. The molecule has 6 heteroatoms. The van der Waals surface area contributed by atoms with Crippen LogP contribution in [0.25, 0.3) is 11.0 Å². The fourth-order valence-corrected chi connectivity index (χ4v) is 3.73. The number of H-pyrrole nitrogens is 1. The number of piperidine rings is 1. The van der Waals surface area contributed by atoms with Gasteiger partial charge in [0.05, 0.1) is 17.0 Å². The van der Waals surface area contributed by atoms with Crippen molar-refractivity contribution in [2.75, 3.05) is 13.1 Å². The molecule has 0 aliphatic carbocycles. The van der Waals surface area contributed by atoms with Crippen molar-refractivity contribution in [2.45, 2.75) is 45.4 Å². The van der Waals surface area contributed by atoms with Crippen molar-refractivity contribution in [2.24, 2.45) is 0 Å². The van der Waals surface area contributed by atoms with Crippen molar-refractivity contribution >= 4 is 16.9 Å². The van der Waals surface area contributed by atoms with Crippen molar-refractivity contribution in [3.63, 3.8) is 0 Å². The van der Waals surface area contributed by atoms with Crippen LogP contribution in [0.15, 0.2) is 30.5 Å². The molecule has 140 valence electrons. The highest BCUT2D eigenvalue weighted by molar-refractivity contribution is 5.98. The van der Waals surface area contributed by atoms with Crippen molar-refractivity contribution < 1.29 is 4.79 Å². The van der Waals surface area contributed by atoms with E-state index >= 15 is 0 Å². The van der Waals surface area contributed by atoms with Crippen LogP contribution in [0.5, 0.6) is 0 Å². The maximum atomic E-state index is 13.0. The first-order chi connectivity index (χ1) is 13.0. The monoisotopic (exact) mass is 363 g/mol. The third-order valence-electron chi connectivity index (χ3n) is 5.44. The van der Waals surface area contributed by atoms with Crippen molar-refractivity contribution in [1.82, 2.24) is 25.1 Å². The lowest BCUT2D eigenvalue weighted by Gasteiger charge is -2.31. The Balaban J connectivity index is 1.47. The van der Waals surface area contributed by atoms with Crippen LogP contribution < -0.4 is 0 Å². The molecule has 0 aromatic carbocycles. The van der Waals surface area contributed by atoms with E-state index in [4.69, 9.17) is 0 Å². The largest absolute Gasteiger partial charge is 0.339 e. The van der Waals surface area contributed by atoms with Crippen molar-refractivity contribution in [3.05, 3.63) is 53.1 Å². The number of aromatic nitrogens is 4. The first-order valence-corrected chi connectivity index (χ1v) is 9.60. The van der Waals surface area contributed by atoms with E-state index < -0.39 is 0 Å². The molecule has 1 aliphatic heterocycles. The Bertz CT molecular complexity index is 970. The Hall–Kier alpha value is -2.76. The van der Waals surface area contributed by atoms with Gasteiger partial charge in [0.25, 0.3) is 5.91 Å². The van der Waals surface area contributed by atoms with Crippen LogP contribution in [-0.2, 0) is 0 Å². The molecule has 4 heterocycles. The van der Waals surface area contributed by atoms with Crippen LogP contribution >= 0.6 is 0 Å². The summed E-state index contributed by atoms with van der Waals surface area (Å²) < 4.78 is 0. The molecule has 0 unspecified atom stereocenters. The summed E-state index contributed by atoms with van der Waals surface area (Å²) in [6.45, 7) is 7.69. The van der Waals surface area contributed by atoms with Crippen LogP contribution in [0.2, 0.25) is 0 Å². The lowest BCUT2D eigenvalue weighted by Crippen LogP contribution is -2.38. The molecule has 1 amide bonds. The minimum atomic E-state index is 0.0664. The fraction of sp³-hybridized carbons (Fsp3) is 0.429. The quantitative estimate of drug-likeness (QED) is 0.768. The molecule has 3 aromatic heterocycles. The van der Waals surface area contributed by atoms with Crippen LogP contribution in [0, 0.1) is 6.92 Å². The third kappa shape index (κ3) is 3.44. The number of rotatable bonds is 3. The lowest BCUT2D eigenvalue weighted by molar-refractivity contribution is 0.0711.